The van der Waals surface area contributed by atoms with Crippen molar-refractivity contribution in [3.63, 3.8) is 0 Å². The number of hydrogen-bond donors (Lipinski definition) is 0. The average molecular weight is 338 g/mol. The SMILES string of the molecule is c1ccc2c(c1)oc1cccnc12.c1ccc2c(c1)oc1cccnc12. The van der Waals surface area contributed by atoms with E-state index in [1.54, 1.807) is 12.4 Å². The third-order valence-corrected chi connectivity index (χ3v) is 4.27. The van der Waals surface area contributed by atoms with E-state index in [4.69, 9.17) is 8.83 Å². The summed E-state index contributed by atoms with van der Waals surface area (Å²) in [5, 5.41) is 2.16. The smallest absolute Gasteiger partial charge is 0.153 e. The molecule has 0 fully saturated rings. The molecule has 0 radical (unpaired) electrons. The van der Waals surface area contributed by atoms with Gasteiger partial charge in [-0.3, -0.25) is 9.97 Å². The second kappa shape index (κ2) is 6.01. The maximum Gasteiger partial charge on any atom is 0.153 e. The molecule has 0 aliphatic heterocycles. The summed E-state index contributed by atoms with van der Waals surface area (Å²) in [5.41, 5.74) is 5.39. The number of para-hydroxylation sites is 2. The zero-order valence-corrected chi connectivity index (χ0v) is 13.8. The van der Waals surface area contributed by atoms with Gasteiger partial charge in [0.05, 0.1) is 0 Å². The molecule has 0 amide bonds. The molecule has 0 bridgehead atoms. The Morgan fingerprint density at radius 2 is 0.885 bits per heavy atom. The quantitative estimate of drug-likeness (QED) is 0.343. The van der Waals surface area contributed by atoms with Crippen molar-refractivity contribution >= 4 is 44.1 Å². The molecule has 2 aromatic carbocycles. The van der Waals surface area contributed by atoms with Crippen LogP contribution in [0.4, 0.5) is 0 Å². The molecule has 0 aliphatic carbocycles. The first-order valence-electron chi connectivity index (χ1n) is 8.35. The van der Waals surface area contributed by atoms with Crippen molar-refractivity contribution in [3.05, 3.63) is 85.2 Å². The van der Waals surface area contributed by atoms with Crippen LogP contribution in [0.1, 0.15) is 0 Å². The Bertz CT molecular complexity index is 1140. The third-order valence-electron chi connectivity index (χ3n) is 4.27. The van der Waals surface area contributed by atoms with Crippen molar-refractivity contribution in [2.24, 2.45) is 0 Å². The van der Waals surface area contributed by atoms with E-state index >= 15 is 0 Å². The first-order valence-corrected chi connectivity index (χ1v) is 8.35. The summed E-state index contributed by atoms with van der Waals surface area (Å²) in [6.45, 7) is 0. The molecule has 6 rings (SSSR count). The normalized spacial score (nSPS) is 11.1. The highest BCUT2D eigenvalue weighted by Crippen LogP contribution is 2.26. The van der Waals surface area contributed by atoms with Gasteiger partial charge in [-0.25, -0.2) is 0 Å². The second-order valence-electron chi connectivity index (χ2n) is 5.90. The van der Waals surface area contributed by atoms with Crippen LogP contribution in [0.15, 0.2) is 94.0 Å². The number of hydrogen-bond acceptors (Lipinski definition) is 4. The zero-order chi connectivity index (χ0) is 17.3. The highest BCUT2D eigenvalue weighted by Gasteiger charge is 2.05. The lowest BCUT2D eigenvalue weighted by Gasteiger charge is -1.84. The molecular weight excluding hydrogens is 324 g/mol. The molecule has 26 heavy (non-hydrogen) atoms. The monoisotopic (exact) mass is 338 g/mol. The van der Waals surface area contributed by atoms with Gasteiger partial charge in [-0.2, -0.15) is 0 Å². The number of pyridine rings is 2. The number of benzene rings is 2. The van der Waals surface area contributed by atoms with Gasteiger partial charge in [0.1, 0.15) is 22.2 Å². The topological polar surface area (TPSA) is 52.1 Å². The fourth-order valence-electron chi connectivity index (χ4n) is 3.09. The standard InChI is InChI=1S/2C11H7NO/c2*1-2-5-9-8(4-1)11-10(13-9)6-3-7-12-11/h2*1-7H. The predicted molar refractivity (Wildman–Crippen MR) is 103 cm³/mol. The van der Waals surface area contributed by atoms with E-state index < -0.39 is 0 Å². The van der Waals surface area contributed by atoms with Gasteiger partial charge in [-0.15, -0.1) is 0 Å². The van der Waals surface area contributed by atoms with Crippen LogP contribution >= 0.6 is 0 Å². The Balaban J connectivity index is 0.000000115. The van der Waals surface area contributed by atoms with E-state index in [-0.39, 0.29) is 0 Å². The maximum absolute atomic E-state index is 5.59. The van der Waals surface area contributed by atoms with E-state index in [2.05, 4.69) is 9.97 Å². The van der Waals surface area contributed by atoms with Gasteiger partial charge in [-0.05, 0) is 48.5 Å². The molecular formula is C22H14N2O2. The molecule has 0 saturated carbocycles. The van der Waals surface area contributed by atoms with Crippen molar-refractivity contribution in [1.82, 2.24) is 9.97 Å². The number of aromatic nitrogens is 2. The number of fused-ring (bicyclic) bond motifs is 6. The molecule has 124 valence electrons. The van der Waals surface area contributed by atoms with Gasteiger partial charge in [0.2, 0.25) is 0 Å². The first kappa shape index (κ1) is 14.7. The third kappa shape index (κ3) is 2.40. The lowest BCUT2D eigenvalue weighted by molar-refractivity contribution is 0.668. The van der Waals surface area contributed by atoms with Crippen LogP contribution in [0, 0.1) is 0 Å². The highest BCUT2D eigenvalue weighted by molar-refractivity contribution is 6.02. The molecule has 0 N–H and O–H groups in total. The minimum atomic E-state index is 0.851. The van der Waals surface area contributed by atoms with Gasteiger partial charge in [0.25, 0.3) is 0 Å². The van der Waals surface area contributed by atoms with Crippen LogP contribution in [0.3, 0.4) is 0 Å². The molecule has 0 unspecified atom stereocenters. The van der Waals surface area contributed by atoms with Gasteiger partial charge >= 0.3 is 0 Å². The van der Waals surface area contributed by atoms with Gasteiger partial charge < -0.3 is 8.83 Å². The summed E-state index contributed by atoms with van der Waals surface area (Å²) in [5.74, 6) is 0. The molecule has 4 nitrogen and oxygen atoms in total. The molecule has 0 saturated heterocycles. The van der Waals surface area contributed by atoms with E-state index in [1.165, 1.54) is 0 Å². The van der Waals surface area contributed by atoms with E-state index in [9.17, 15) is 0 Å². The van der Waals surface area contributed by atoms with E-state index in [0.29, 0.717) is 0 Å². The highest BCUT2D eigenvalue weighted by atomic mass is 16.3. The lowest BCUT2D eigenvalue weighted by atomic mass is 10.2. The number of furan rings is 2. The Morgan fingerprint density at radius 3 is 1.38 bits per heavy atom. The van der Waals surface area contributed by atoms with Crippen LogP contribution in [0.25, 0.3) is 44.1 Å². The van der Waals surface area contributed by atoms with Crippen molar-refractivity contribution in [2.75, 3.05) is 0 Å². The van der Waals surface area contributed by atoms with Crippen molar-refractivity contribution in [3.8, 4) is 0 Å². The number of nitrogens with zero attached hydrogens (tertiary/aromatic N) is 2. The van der Waals surface area contributed by atoms with Crippen LogP contribution in [0.5, 0.6) is 0 Å². The fourth-order valence-corrected chi connectivity index (χ4v) is 3.09. The Labute approximate surface area is 148 Å². The van der Waals surface area contributed by atoms with E-state index in [1.807, 2.05) is 72.8 Å². The molecule has 4 heteroatoms. The molecule has 0 atom stereocenters. The first-order chi connectivity index (χ1) is 12.9. The maximum atomic E-state index is 5.59. The molecule has 4 aromatic heterocycles. The van der Waals surface area contributed by atoms with E-state index in [0.717, 1.165) is 44.1 Å². The minimum Gasteiger partial charge on any atom is -0.454 e. The summed E-state index contributed by atoms with van der Waals surface area (Å²) >= 11 is 0. The van der Waals surface area contributed by atoms with Crippen molar-refractivity contribution in [1.29, 1.82) is 0 Å². The van der Waals surface area contributed by atoms with Crippen molar-refractivity contribution < 1.29 is 8.83 Å². The summed E-state index contributed by atoms with van der Waals surface area (Å²) in [6, 6.07) is 23.5. The van der Waals surface area contributed by atoms with Crippen LogP contribution in [-0.4, -0.2) is 9.97 Å². The molecule has 0 aliphatic rings. The fraction of sp³-hybridized carbons (Fsp3) is 0. The average Bonchev–Trinajstić information content (AvgIpc) is 3.27. The van der Waals surface area contributed by atoms with Crippen LogP contribution in [0.2, 0.25) is 0 Å². The summed E-state index contributed by atoms with van der Waals surface area (Å²) in [6.07, 6.45) is 3.56. The predicted octanol–water partition coefficient (Wildman–Crippen LogP) is 5.96. The summed E-state index contributed by atoms with van der Waals surface area (Å²) < 4.78 is 11.2. The molecule has 0 spiro atoms. The summed E-state index contributed by atoms with van der Waals surface area (Å²) in [7, 11) is 0. The number of rotatable bonds is 0. The van der Waals surface area contributed by atoms with Crippen LogP contribution < -0.4 is 0 Å². The Kier molecular flexibility index (Phi) is 3.39. The van der Waals surface area contributed by atoms with Gasteiger partial charge in [-0.1, -0.05) is 24.3 Å². The van der Waals surface area contributed by atoms with Crippen LogP contribution in [-0.2, 0) is 0 Å². The van der Waals surface area contributed by atoms with Gasteiger partial charge in [0.15, 0.2) is 11.2 Å². The molecule has 4 heterocycles. The van der Waals surface area contributed by atoms with Crippen molar-refractivity contribution in [2.45, 2.75) is 0 Å². The minimum absolute atomic E-state index is 0.851. The summed E-state index contributed by atoms with van der Waals surface area (Å²) in [4.78, 5) is 8.55. The Morgan fingerprint density at radius 1 is 0.462 bits per heavy atom. The van der Waals surface area contributed by atoms with Gasteiger partial charge in [0, 0.05) is 23.2 Å². The second-order valence-corrected chi connectivity index (χ2v) is 5.90. The molecule has 6 aromatic rings. The largest absolute Gasteiger partial charge is 0.454 e. The zero-order valence-electron chi connectivity index (χ0n) is 13.8. The lowest BCUT2D eigenvalue weighted by Crippen LogP contribution is -1.70. The Hall–Kier alpha value is -3.66.